The van der Waals surface area contributed by atoms with Gasteiger partial charge in [-0.3, -0.25) is 19.2 Å². The first kappa shape index (κ1) is 17.2. The molecule has 4 rings (SSSR count). The Kier molecular flexibility index (Phi) is 4.76. The third-order valence-electron chi connectivity index (χ3n) is 4.78. The van der Waals surface area contributed by atoms with Crippen LogP contribution < -0.4 is 0 Å². The fraction of sp³-hybridized carbons (Fsp3) is 0.389. The molecule has 8 heteroatoms. The van der Waals surface area contributed by atoms with Crippen molar-refractivity contribution in [3.8, 4) is 0 Å². The quantitative estimate of drug-likeness (QED) is 0.759. The van der Waals surface area contributed by atoms with E-state index in [1.165, 1.54) is 0 Å². The summed E-state index contributed by atoms with van der Waals surface area (Å²) < 4.78 is 3.68. The van der Waals surface area contributed by atoms with Crippen molar-refractivity contribution in [2.45, 2.75) is 32.2 Å². The number of fused-ring (bicyclic) bond motifs is 1. The molecule has 1 aliphatic heterocycles. The van der Waals surface area contributed by atoms with Crippen molar-refractivity contribution >= 4 is 11.6 Å². The highest BCUT2D eigenvalue weighted by molar-refractivity contribution is 6.31. The second-order valence-electron chi connectivity index (χ2n) is 6.60. The van der Waals surface area contributed by atoms with Gasteiger partial charge in [-0.25, -0.2) is 0 Å². The standard InChI is InChI=1S/C18H21ClN6O/c1-23-17(4-6-21-23)18(26)16-9-14-12-24(7-2-8-25(14)22-16)11-13-3-5-20-10-15(13)19/h3-6,9-10,18,26H,2,7-8,11-12H2,1H3/t18-/m0/s1. The van der Waals surface area contributed by atoms with E-state index in [0.717, 1.165) is 49.6 Å². The molecule has 26 heavy (non-hydrogen) atoms. The zero-order chi connectivity index (χ0) is 18.1. The van der Waals surface area contributed by atoms with Crippen LogP contribution in [0.1, 0.15) is 35.2 Å². The molecular weight excluding hydrogens is 352 g/mol. The second kappa shape index (κ2) is 7.19. The van der Waals surface area contributed by atoms with Crippen LogP contribution in [0.4, 0.5) is 0 Å². The highest BCUT2D eigenvalue weighted by atomic mass is 35.5. The zero-order valence-electron chi connectivity index (χ0n) is 14.6. The van der Waals surface area contributed by atoms with Gasteiger partial charge in [-0.2, -0.15) is 10.2 Å². The Morgan fingerprint density at radius 1 is 1.27 bits per heavy atom. The Bertz CT molecular complexity index is 905. The number of aryl methyl sites for hydroxylation is 2. The van der Waals surface area contributed by atoms with E-state index in [2.05, 4.69) is 20.1 Å². The molecular formula is C18H21ClN6O. The molecule has 0 spiro atoms. The summed E-state index contributed by atoms with van der Waals surface area (Å²) in [5.74, 6) is 0. The maximum atomic E-state index is 10.6. The molecule has 0 saturated heterocycles. The molecule has 1 aliphatic rings. The number of hydrogen-bond donors (Lipinski definition) is 1. The summed E-state index contributed by atoms with van der Waals surface area (Å²) in [5.41, 5.74) is 3.57. The van der Waals surface area contributed by atoms with Gasteiger partial charge in [0.1, 0.15) is 6.10 Å². The maximum Gasteiger partial charge on any atom is 0.139 e. The number of aromatic nitrogens is 5. The van der Waals surface area contributed by atoms with Gasteiger partial charge in [0.25, 0.3) is 0 Å². The van der Waals surface area contributed by atoms with Crippen molar-refractivity contribution in [3.63, 3.8) is 0 Å². The van der Waals surface area contributed by atoms with Gasteiger partial charge >= 0.3 is 0 Å². The summed E-state index contributed by atoms with van der Waals surface area (Å²) >= 11 is 6.25. The lowest BCUT2D eigenvalue weighted by Crippen LogP contribution is -2.23. The summed E-state index contributed by atoms with van der Waals surface area (Å²) in [6, 6.07) is 5.76. The highest BCUT2D eigenvalue weighted by Crippen LogP contribution is 2.24. The molecule has 136 valence electrons. The third-order valence-corrected chi connectivity index (χ3v) is 5.12. The molecule has 0 aliphatic carbocycles. The number of rotatable bonds is 4. The zero-order valence-corrected chi connectivity index (χ0v) is 15.3. The van der Waals surface area contributed by atoms with E-state index in [-0.39, 0.29) is 0 Å². The second-order valence-corrected chi connectivity index (χ2v) is 7.00. The fourth-order valence-electron chi connectivity index (χ4n) is 3.40. The van der Waals surface area contributed by atoms with Crippen molar-refractivity contribution in [2.75, 3.05) is 6.54 Å². The van der Waals surface area contributed by atoms with Crippen molar-refractivity contribution in [2.24, 2.45) is 7.05 Å². The number of aliphatic hydroxyl groups is 1. The summed E-state index contributed by atoms with van der Waals surface area (Å²) in [7, 11) is 1.82. The summed E-state index contributed by atoms with van der Waals surface area (Å²) in [5, 5.41) is 20.1. The van der Waals surface area contributed by atoms with E-state index in [4.69, 9.17) is 11.6 Å². The molecule has 0 unspecified atom stereocenters. The first-order chi connectivity index (χ1) is 12.6. The van der Waals surface area contributed by atoms with Gasteiger partial charge in [-0.15, -0.1) is 0 Å². The average Bonchev–Trinajstić information content (AvgIpc) is 3.18. The average molecular weight is 373 g/mol. The van der Waals surface area contributed by atoms with E-state index in [9.17, 15) is 5.11 Å². The SMILES string of the molecule is Cn1nccc1[C@@H](O)c1cc2n(n1)CCCN(Cc1ccncc1Cl)C2. The molecule has 1 atom stereocenters. The molecule has 0 aromatic carbocycles. The van der Waals surface area contributed by atoms with Gasteiger partial charge < -0.3 is 5.11 Å². The number of aliphatic hydroxyl groups excluding tert-OH is 1. The molecule has 3 aromatic rings. The van der Waals surface area contributed by atoms with Gasteiger partial charge in [0, 0.05) is 51.8 Å². The third kappa shape index (κ3) is 3.38. The lowest BCUT2D eigenvalue weighted by atomic mass is 10.1. The fourth-order valence-corrected chi connectivity index (χ4v) is 3.58. The molecule has 4 heterocycles. The Labute approximate surface area is 156 Å². The number of pyridine rings is 1. The molecule has 0 bridgehead atoms. The van der Waals surface area contributed by atoms with E-state index in [0.29, 0.717) is 10.7 Å². The van der Waals surface area contributed by atoms with Crippen LogP contribution in [0.25, 0.3) is 0 Å². The van der Waals surface area contributed by atoms with E-state index in [1.807, 2.05) is 29.9 Å². The minimum Gasteiger partial charge on any atom is -0.380 e. The number of nitrogens with zero attached hydrogens (tertiary/aromatic N) is 6. The lowest BCUT2D eigenvalue weighted by molar-refractivity contribution is 0.203. The van der Waals surface area contributed by atoms with Crippen LogP contribution >= 0.6 is 11.6 Å². The smallest absolute Gasteiger partial charge is 0.139 e. The van der Waals surface area contributed by atoms with Crippen LogP contribution in [0.2, 0.25) is 5.02 Å². The van der Waals surface area contributed by atoms with Crippen LogP contribution in [-0.2, 0) is 26.7 Å². The van der Waals surface area contributed by atoms with Gasteiger partial charge in [-0.05, 0) is 30.2 Å². The van der Waals surface area contributed by atoms with E-state index < -0.39 is 6.10 Å². The van der Waals surface area contributed by atoms with Crippen LogP contribution in [0.15, 0.2) is 36.8 Å². The molecule has 1 N–H and O–H groups in total. The Morgan fingerprint density at radius 3 is 2.92 bits per heavy atom. The van der Waals surface area contributed by atoms with Crippen molar-refractivity contribution in [1.82, 2.24) is 29.4 Å². The van der Waals surface area contributed by atoms with Gasteiger partial charge in [0.05, 0.1) is 22.1 Å². The van der Waals surface area contributed by atoms with Crippen LogP contribution in [-0.4, -0.2) is 41.1 Å². The van der Waals surface area contributed by atoms with Gasteiger partial charge in [0.2, 0.25) is 0 Å². The molecule has 0 fully saturated rings. The molecule has 7 nitrogen and oxygen atoms in total. The van der Waals surface area contributed by atoms with Crippen molar-refractivity contribution < 1.29 is 5.11 Å². The summed E-state index contributed by atoms with van der Waals surface area (Å²) in [6.45, 7) is 3.35. The molecule has 0 saturated carbocycles. The minimum atomic E-state index is -0.773. The lowest BCUT2D eigenvalue weighted by Gasteiger charge is -2.20. The minimum absolute atomic E-state index is 0.660. The maximum absolute atomic E-state index is 10.6. The summed E-state index contributed by atoms with van der Waals surface area (Å²) in [4.78, 5) is 6.40. The first-order valence-electron chi connectivity index (χ1n) is 8.65. The predicted molar refractivity (Wildman–Crippen MR) is 97.5 cm³/mol. The van der Waals surface area contributed by atoms with Crippen molar-refractivity contribution in [1.29, 1.82) is 0 Å². The molecule has 3 aromatic heterocycles. The highest BCUT2D eigenvalue weighted by Gasteiger charge is 2.22. The normalized spacial score (nSPS) is 16.3. The Morgan fingerprint density at radius 2 is 2.15 bits per heavy atom. The van der Waals surface area contributed by atoms with Crippen LogP contribution in [0.5, 0.6) is 0 Å². The molecule has 0 amide bonds. The van der Waals surface area contributed by atoms with Gasteiger partial charge in [0.15, 0.2) is 0 Å². The predicted octanol–water partition coefficient (Wildman–Crippen LogP) is 2.15. The Hall–Kier alpha value is -2.22. The van der Waals surface area contributed by atoms with Crippen molar-refractivity contribution in [3.05, 3.63) is 64.5 Å². The Balaban J connectivity index is 1.54. The van der Waals surface area contributed by atoms with Crippen LogP contribution in [0.3, 0.4) is 0 Å². The van der Waals surface area contributed by atoms with E-state index in [1.54, 1.807) is 23.3 Å². The van der Waals surface area contributed by atoms with Gasteiger partial charge in [-0.1, -0.05) is 11.6 Å². The number of halogens is 1. The van der Waals surface area contributed by atoms with Crippen LogP contribution in [0, 0.1) is 0 Å². The number of hydrogen-bond acceptors (Lipinski definition) is 5. The summed E-state index contributed by atoms with van der Waals surface area (Å²) in [6.07, 6.45) is 5.36. The monoisotopic (exact) mass is 372 g/mol. The van der Waals surface area contributed by atoms with E-state index >= 15 is 0 Å². The topological polar surface area (TPSA) is 72.0 Å². The molecule has 0 radical (unpaired) electrons. The first-order valence-corrected chi connectivity index (χ1v) is 9.03. The largest absolute Gasteiger partial charge is 0.380 e.